The van der Waals surface area contributed by atoms with E-state index >= 15 is 0 Å². The van der Waals surface area contributed by atoms with Gasteiger partial charge in [-0.1, -0.05) is 6.58 Å². The van der Waals surface area contributed by atoms with E-state index in [1.54, 1.807) is 0 Å². The fraction of sp³-hybridized carbons (Fsp3) is 0.222. The summed E-state index contributed by atoms with van der Waals surface area (Å²) in [5.41, 5.74) is 0.389. The Kier molecular flexibility index (Phi) is 2.81. The minimum atomic E-state index is -0.585. The zero-order valence-electron chi connectivity index (χ0n) is 7.62. The van der Waals surface area contributed by atoms with Crippen LogP contribution in [0.2, 0.25) is 0 Å². The molecule has 0 aromatic rings. The van der Waals surface area contributed by atoms with Crippen molar-refractivity contribution >= 4 is 17.8 Å². The molecule has 0 saturated heterocycles. The summed E-state index contributed by atoms with van der Waals surface area (Å²) in [6.07, 6.45) is 1.11. The number of amides is 2. The third-order valence-electron chi connectivity index (χ3n) is 1.54. The van der Waals surface area contributed by atoms with E-state index in [1.165, 1.54) is 6.92 Å². The highest BCUT2D eigenvalue weighted by atomic mass is 16.5. The molecule has 0 spiro atoms. The van der Waals surface area contributed by atoms with Crippen molar-refractivity contribution in [2.75, 3.05) is 6.61 Å². The molecule has 74 valence electrons. The Morgan fingerprint density at radius 3 is 2.64 bits per heavy atom. The maximum atomic E-state index is 11.0. The summed E-state index contributed by atoms with van der Waals surface area (Å²) in [6, 6.07) is 0. The largest absolute Gasteiger partial charge is 0.457 e. The van der Waals surface area contributed by atoms with Crippen LogP contribution in [-0.2, 0) is 19.1 Å². The number of carbonyl (C=O) groups is 3. The summed E-state index contributed by atoms with van der Waals surface area (Å²) in [7, 11) is 0. The monoisotopic (exact) mass is 195 g/mol. The van der Waals surface area contributed by atoms with E-state index in [0.717, 1.165) is 6.08 Å². The van der Waals surface area contributed by atoms with Crippen LogP contribution < -0.4 is 5.32 Å². The molecule has 2 amide bonds. The van der Waals surface area contributed by atoms with Crippen molar-refractivity contribution in [3.8, 4) is 0 Å². The molecule has 1 N–H and O–H groups in total. The van der Waals surface area contributed by atoms with Crippen molar-refractivity contribution < 1.29 is 19.1 Å². The van der Waals surface area contributed by atoms with Gasteiger partial charge in [-0.3, -0.25) is 14.9 Å². The zero-order valence-corrected chi connectivity index (χ0v) is 7.62. The maximum Gasteiger partial charge on any atom is 0.333 e. The van der Waals surface area contributed by atoms with Crippen LogP contribution in [0.1, 0.15) is 6.92 Å². The van der Waals surface area contributed by atoms with Gasteiger partial charge in [0, 0.05) is 11.6 Å². The van der Waals surface area contributed by atoms with Gasteiger partial charge >= 0.3 is 5.97 Å². The van der Waals surface area contributed by atoms with Gasteiger partial charge in [-0.15, -0.1) is 0 Å². The summed E-state index contributed by atoms with van der Waals surface area (Å²) in [4.78, 5) is 32.6. The molecule has 0 unspecified atom stereocenters. The van der Waals surface area contributed by atoms with Gasteiger partial charge in [0.05, 0.1) is 5.57 Å². The molecule has 1 rings (SSSR count). The summed E-state index contributed by atoms with van der Waals surface area (Å²) in [6.45, 7) is 4.66. The Balaban J connectivity index is 2.50. The van der Waals surface area contributed by atoms with Gasteiger partial charge in [0.1, 0.15) is 6.61 Å². The number of hydrogen-bond acceptors (Lipinski definition) is 4. The third-order valence-corrected chi connectivity index (χ3v) is 1.54. The van der Waals surface area contributed by atoms with Crippen LogP contribution in [0.4, 0.5) is 0 Å². The molecule has 0 saturated carbocycles. The Morgan fingerprint density at radius 1 is 1.57 bits per heavy atom. The maximum absolute atomic E-state index is 11.0. The molecule has 0 bridgehead atoms. The van der Waals surface area contributed by atoms with Crippen LogP contribution in [-0.4, -0.2) is 24.4 Å². The standard InChI is InChI=1S/C9H9NO4/c1-5(2)9(13)14-4-6-3-7(11)10-8(6)12/h3H,1,4H2,2H3,(H,10,11,12). The van der Waals surface area contributed by atoms with Gasteiger partial charge in [0.15, 0.2) is 0 Å². The molecule has 0 aliphatic carbocycles. The van der Waals surface area contributed by atoms with Crippen molar-refractivity contribution in [1.29, 1.82) is 0 Å². The van der Waals surface area contributed by atoms with Gasteiger partial charge < -0.3 is 4.74 Å². The average Bonchev–Trinajstić information content (AvgIpc) is 2.40. The molecule has 1 aliphatic rings. The Labute approximate surface area is 80.4 Å². The van der Waals surface area contributed by atoms with Crippen LogP contribution in [0.3, 0.4) is 0 Å². The smallest absolute Gasteiger partial charge is 0.333 e. The summed E-state index contributed by atoms with van der Waals surface area (Å²) in [5, 5.41) is 2.04. The van der Waals surface area contributed by atoms with E-state index in [0.29, 0.717) is 0 Å². The lowest BCUT2D eigenvalue weighted by Gasteiger charge is -2.02. The van der Waals surface area contributed by atoms with Crippen LogP contribution in [0.15, 0.2) is 23.8 Å². The summed E-state index contributed by atoms with van der Waals surface area (Å²) in [5.74, 6) is -1.60. The second-order valence-electron chi connectivity index (χ2n) is 2.84. The third kappa shape index (κ3) is 2.29. The van der Waals surface area contributed by atoms with Crippen molar-refractivity contribution in [1.82, 2.24) is 5.32 Å². The van der Waals surface area contributed by atoms with Crippen LogP contribution in [0.5, 0.6) is 0 Å². The predicted molar refractivity (Wildman–Crippen MR) is 47.0 cm³/mol. The molecular formula is C9H9NO4. The number of carbonyl (C=O) groups excluding carboxylic acids is 3. The van der Waals surface area contributed by atoms with E-state index in [2.05, 4.69) is 11.3 Å². The van der Waals surface area contributed by atoms with Gasteiger partial charge in [0.2, 0.25) is 0 Å². The van der Waals surface area contributed by atoms with Crippen LogP contribution in [0, 0.1) is 0 Å². The molecule has 14 heavy (non-hydrogen) atoms. The fourth-order valence-electron chi connectivity index (χ4n) is 0.826. The van der Waals surface area contributed by atoms with Gasteiger partial charge in [-0.25, -0.2) is 4.79 Å². The zero-order chi connectivity index (χ0) is 10.7. The van der Waals surface area contributed by atoms with Gasteiger partial charge in [-0.2, -0.15) is 0 Å². The van der Waals surface area contributed by atoms with Gasteiger partial charge in [0.25, 0.3) is 11.8 Å². The number of ether oxygens (including phenoxy) is 1. The second-order valence-corrected chi connectivity index (χ2v) is 2.84. The molecule has 0 fully saturated rings. The molecular weight excluding hydrogens is 186 g/mol. The van der Waals surface area contributed by atoms with Crippen molar-refractivity contribution in [2.24, 2.45) is 0 Å². The lowest BCUT2D eigenvalue weighted by atomic mass is 10.3. The number of hydrogen-bond donors (Lipinski definition) is 1. The lowest BCUT2D eigenvalue weighted by Crippen LogP contribution is -2.23. The fourth-order valence-corrected chi connectivity index (χ4v) is 0.826. The highest BCUT2D eigenvalue weighted by Crippen LogP contribution is 2.04. The van der Waals surface area contributed by atoms with Crippen LogP contribution in [0.25, 0.3) is 0 Å². The topological polar surface area (TPSA) is 72.5 Å². The van der Waals surface area contributed by atoms with E-state index in [4.69, 9.17) is 0 Å². The average molecular weight is 195 g/mol. The molecule has 0 atom stereocenters. The van der Waals surface area contributed by atoms with Crippen molar-refractivity contribution in [2.45, 2.75) is 6.92 Å². The Morgan fingerprint density at radius 2 is 2.21 bits per heavy atom. The first kappa shape index (κ1) is 10.2. The quantitative estimate of drug-likeness (QED) is 0.381. The van der Waals surface area contributed by atoms with Crippen LogP contribution >= 0.6 is 0 Å². The highest BCUT2D eigenvalue weighted by molar-refractivity contribution is 6.16. The highest BCUT2D eigenvalue weighted by Gasteiger charge is 2.21. The van der Waals surface area contributed by atoms with Crippen molar-refractivity contribution in [3.63, 3.8) is 0 Å². The van der Waals surface area contributed by atoms with E-state index in [-0.39, 0.29) is 17.8 Å². The lowest BCUT2D eigenvalue weighted by molar-refractivity contribution is -0.138. The molecule has 0 radical (unpaired) electrons. The molecule has 1 aliphatic heterocycles. The molecule has 0 aromatic carbocycles. The Hall–Kier alpha value is -1.91. The first-order chi connectivity index (χ1) is 6.50. The van der Waals surface area contributed by atoms with E-state index in [1.807, 2.05) is 5.32 Å². The minimum absolute atomic E-state index is 0.143. The first-order valence-corrected chi connectivity index (χ1v) is 3.89. The van der Waals surface area contributed by atoms with Gasteiger partial charge in [-0.05, 0) is 6.92 Å². The Bertz CT molecular complexity index is 354. The van der Waals surface area contributed by atoms with E-state index < -0.39 is 17.8 Å². The number of nitrogens with one attached hydrogen (secondary N) is 1. The normalized spacial score (nSPS) is 14.8. The van der Waals surface area contributed by atoms with E-state index in [9.17, 15) is 14.4 Å². The van der Waals surface area contributed by atoms with Crippen molar-refractivity contribution in [3.05, 3.63) is 23.8 Å². The molecule has 5 heteroatoms. The predicted octanol–water partition coefficient (Wildman–Crippen LogP) is -0.312. The molecule has 0 aromatic heterocycles. The second kappa shape index (κ2) is 3.87. The molecule has 1 heterocycles. The number of esters is 1. The first-order valence-electron chi connectivity index (χ1n) is 3.89. The summed E-state index contributed by atoms with van der Waals surface area (Å²) < 4.78 is 4.69. The summed E-state index contributed by atoms with van der Waals surface area (Å²) >= 11 is 0. The minimum Gasteiger partial charge on any atom is -0.457 e. The SMILES string of the molecule is C=C(C)C(=O)OCC1=CC(=O)NC1=O. The molecule has 5 nitrogen and oxygen atoms in total. The number of rotatable bonds is 3. The number of imide groups is 1.